The highest BCUT2D eigenvalue weighted by Crippen LogP contribution is 2.38. The summed E-state index contributed by atoms with van der Waals surface area (Å²) in [6.45, 7) is 6.44. The zero-order valence-electron chi connectivity index (χ0n) is 17.9. The minimum atomic E-state index is -0.348. The Morgan fingerprint density at radius 3 is 2.81 bits per heavy atom. The van der Waals surface area contributed by atoms with Gasteiger partial charge in [-0.15, -0.1) is 11.3 Å². The first-order valence-corrected chi connectivity index (χ1v) is 11.6. The fourth-order valence-corrected chi connectivity index (χ4v) is 5.07. The number of benzene rings is 1. The molecule has 0 saturated carbocycles. The van der Waals surface area contributed by atoms with Gasteiger partial charge >= 0.3 is 5.97 Å². The Morgan fingerprint density at radius 2 is 2.00 bits per heavy atom. The van der Waals surface area contributed by atoms with E-state index in [1.165, 1.54) is 11.3 Å². The van der Waals surface area contributed by atoms with Gasteiger partial charge in [-0.1, -0.05) is 6.07 Å². The molecule has 1 fully saturated rings. The van der Waals surface area contributed by atoms with Crippen LogP contribution < -0.4 is 14.8 Å². The lowest BCUT2D eigenvalue weighted by atomic mass is 10.0. The number of hydrogen-bond acceptors (Lipinski definition) is 7. The predicted molar refractivity (Wildman–Crippen MR) is 119 cm³/mol. The molecule has 3 heterocycles. The number of carbonyl (C=O) groups excluding carboxylic acids is 2. The van der Waals surface area contributed by atoms with E-state index in [2.05, 4.69) is 22.3 Å². The first-order valence-electron chi connectivity index (χ1n) is 10.8. The van der Waals surface area contributed by atoms with E-state index in [9.17, 15) is 9.59 Å². The molecule has 0 aliphatic carbocycles. The van der Waals surface area contributed by atoms with Gasteiger partial charge in [-0.05, 0) is 62.6 Å². The van der Waals surface area contributed by atoms with E-state index in [0.29, 0.717) is 36.2 Å². The molecule has 8 heteroatoms. The molecule has 4 rings (SSSR count). The maximum Gasteiger partial charge on any atom is 0.348 e. The average molecular weight is 445 g/mol. The smallest absolute Gasteiger partial charge is 0.348 e. The molecule has 2 aliphatic rings. The molecule has 1 saturated heterocycles. The van der Waals surface area contributed by atoms with Crippen LogP contribution in [-0.2, 0) is 9.53 Å². The summed E-state index contributed by atoms with van der Waals surface area (Å²) in [7, 11) is 0. The van der Waals surface area contributed by atoms with E-state index < -0.39 is 0 Å². The molecule has 1 atom stereocenters. The number of carbonyl (C=O) groups is 2. The fourth-order valence-electron chi connectivity index (χ4n) is 4.08. The van der Waals surface area contributed by atoms with Gasteiger partial charge in [0.2, 0.25) is 5.91 Å². The molecule has 7 nitrogen and oxygen atoms in total. The fraction of sp³-hybridized carbons (Fsp3) is 0.478. The second kappa shape index (κ2) is 9.70. The van der Waals surface area contributed by atoms with E-state index in [-0.39, 0.29) is 17.9 Å². The number of nitrogens with zero attached hydrogens (tertiary/aromatic N) is 1. The molecule has 0 radical (unpaired) electrons. The van der Waals surface area contributed by atoms with Crippen LogP contribution in [0.2, 0.25) is 0 Å². The van der Waals surface area contributed by atoms with Crippen LogP contribution in [0.5, 0.6) is 11.5 Å². The van der Waals surface area contributed by atoms with Crippen molar-refractivity contribution < 1.29 is 23.8 Å². The Labute approximate surface area is 186 Å². The summed E-state index contributed by atoms with van der Waals surface area (Å²) in [5, 5.41) is 3.61. The summed E-state index contributed by atoms with van der Waals surface area (Å²) in [5.74, 6) is 1.14. The normalized spacial score (nSPS) is 18.5. The zero-order chi connectivity index (χ0) is 21.8. The molecule has 166 valence electrons. The van der Waals surface area contributed by atoms with E-state index in [1.54, 1.807) is 6.92 Å². The summed E-state index contributed by atoms with van der Waals surface area (Å²) < 4.78 is 16.6. The lowest BCUT2D eigenvalue weighted by Gasteiger charge is -2.24. The van der Waals surface area contributed by atoms with Gasteiger partial charge in [0.05, 0.1) is 31.4 Å². The van der Waals surface area contributed by atoms with E-state index in [0.717, 1.165) is 48.4 Å². The number of thiophene rings is 1. The molecule has 1 N–H and O–H groups in total. The molecule has 1 aromatic carbocycles. The Balaban J connectivity index is 1.41. The molecule has 0 spiro atoms. The lowest BCUT2D eigenvalue weighted by Crippen LogP contribution is -2.32. The van der Waals surface area contributed by atoms with Gasteiger partial charge in [-0.3, -0.25) is 9.69 Å². The largest absolute Gasteiger partial charge is 0.490 e. The predicted octanol–water partition coefficient (Wildman–Crippen LogP) is 4.17. The molecule has 1 aromatic heterocycles. The topological polar surface area (TPSA) is 77.1 Å². The number of ether oxygens (including phenoxy) is 3. The van der Waals surface area contributed by atoms with Gasteiger partial charge in [0, 0.05) is 12.5 Å². The van der Waals surface area contributed by atoms with Crippen LogP contribution in [0.3, 0.4) is 0 Å². The number of rotatable bonds is 6. The lowest BCUT2D eigenvalue weighted by molar-refractivity contribution is -0.117. The van der Waals surface area contributed by atoms with Crippen molar-refractivity contribution in [3.63, 3.8) is 0 Å². The quantitative estimate of drug-likeness (QED) is 0.674. The third-order valence-corrected chi connectivity index (χ3v) is 6.64. The summed E-state index contributed by atoms with van der Waals surface area (Å²) in [6.07, 6.45) is 2.91. The number of esters is 1. The average Bonchev–Trinajstić information content (AvgIpc) is 3.26. The Hall–Kier alpha value is -2.58. The SMILES string of the molecule is CCOC(=O)c1sc(NC(=O)CN2CCC[C@H]2c2ccc3c(c2)OCCCO3)cc1C. The highest BCUT2D eigenvalue weighted by atomic mass is 32.1. The van der Waals surface area contributed by atoms with Crippen molar-refractivity contribution in [3.05, 3.63) is 40.3 Å². The highest BCUT2D eigenvalue weighted by molar-refractivity contribution is 7.18. The summed E-state index contributed by atoms with van der Waals surface area (Å²) in [6, 6.07) is 8.08. The molecular weight excluding hydrogens is 416 g/mol. The third-order valence-electron chi connectivity index (χ3n) is 5.51. The molecule has 2 aromatic rings. The van der Waals surface area contributed by atoms with Gasteiger partial charge in [-0.2, -0.15) is 0 Å². The third kappa shape index (κ3) is 5.02. The van der Waals surface area contributed by atoms with Crippen molar-refractivity contribution >= 4 is 28.2 Å². The van der Waals surface area contributed by atoms with Gasteiger partial charge in [0.25, 0.3) is 0 Å². The Morgan fingerprint density at radius 1 is 1.19 bits per heavy atom. The van der Waals surface area contributed by atoms with Crippen molar-refractivity contribution in [3.8, 4) is 11.5 Å². The number of likely N-dealkylation sites (tertiary alicyclic amines) is 1. The van der Waals surface area contributed by atoms with E-state index >= 15 is 0 Å². The van der Waals surface area contributed by atoms with Crippen molar-refractivity contribution in [1.29, 1.82) is 0 Å². The minimum Gasteiger partial charge on any atom is -0.490 e. The van der Waals surface area contributed by atoms with Gasteiger partial charge in [0.1, 0.15) is 4.88 Å². The van der Waals surface area contributed by atoms with Crippen LogP contribution in [-0.4, -0.2) is 49.7 Å². The number of hydrogen-bond donors (Lipinski definition) is 1. The molecule has 0 bridgehead atoms. The molecule has 31 heavy (non-hydrogen) atoms. The van der Waals surface area contributed by atoms with Crippen LogP contribution in [0.4, 0.5) is 5.00 Å². The van der Waals surface area contributed by atoms with Crippen LogP contribution in [0.1, 0.15) is 53.0 Å². The van der Waals surface area contributed by atoms with E-state index in [1.807, 2.05) is 19.1 Å². The summed E-state index contributed by atoms with van der Waals surface area (Å²) in [4.78, 5) is 27.5. The minimum absolute atomic E-state index is 0.0853. The van der Waals surface area contributed by atoms with Crippen molar-refractivity contribution in [2.24, 2.45) is 0 Å². The van der Waals surface area contributed by atoms with E-state index in [4.69, 9.17) is 14.2 Å². The second-order valence-corrected chi connectivity index (χ2v) is 8.83. The maximum atomic E-state index is 12.7. The van der Waals surface area contributed by atoms with Gasteiger partial charge in [0.15, 0.2) is 11.5 Å². The number of amides is 1. The van der Waals surface area contributed by atoms with Crippen LogP contribution in [0.15, 0.2) is 24.3 Å². The first kappa shape index (κ1) is 21.6. The summed E-state index contributed by atoms with van der Waals surface area (Å²) in [5.41, 5.74) is 1.95. The number of nitrogens with one attached hydrogen (secondary N) is 1. The number of aryl methyl sites for hydroxylation is 1. The molecular formula is C23H28N2O5S. The van der Waals surface area contributed by atoms with Gasteiger partial charge < -0.3 is 19.5 Å². The first-order chi connectivity index (χ1) is 15.0. The monoisotopic (exact) mass is 444 g/mol. The van der Waals surface area contributed by atoms with Crippen molar-refractivity contribution in [1.82, 2.24) is 4.90 Å². The van der Waals surface area contributed by atoms with Crippen LogP contribution in [0.25, 0.3) is 0 Å². The van der Waals surface area contributed by atoms with Crippen LogP contribution in [0, 0.1) is 6.92 Å². The maximum absolute atomic E-state index is 12.7. The summed E-state index contributed by atoms with van der Waals surface area (Å²) >= 11 is 1.25. The molecule has 1 amide bonds. The number of anilines is 1. The van der Waals surface area contributed by atoms with Crippen molar-refractivity contribution in [2.45, 2.75) is 39.2 Å². The highest BCUT2D eigenvalue weighted by Gasteiger charge is 2.29. The standard InChI is InChI=1S/C23H28N2O5S/c1-3-28-23(27)22-15(2)12-21(31-22)24-20(26)14-25-9-4-6-17(25)16-7-8-18-19(13-16)30-11-5-10-29-18/h7-8,12-13,17H,3-6,9-11,14H2,1-2H3,(H,24,26)/t17-/m0/s1. The van der Waals surface area contributed by atoms with Gasteiger partial charge in [-0.25, -0.2) is 4.79 Å². The Bertz CT molecular complexity index is 957. The number of fused-ring (bicyclic) bond motifs is 1. The second-order valence-electron chi connectivity index (χ2n) is 7.78. The zero-order valence-corrected chi connectivity index (χ0v) is 18.8. The Kier molecular flexibility index (Phi) is 6.77. The van der Waals surface area contributed by atoms with Crippen LogP contribution >= 0.6 is 11.3 Å². The van der Waals surface area contributed by atoms with Crippen molar-refractivity contribution in [2.75, 3.05) is 38.2 Å². The molecule has 2 aliphatic heterocycles. The molecule has 0 unspecified atom stereocenters.